The third-order valence-electron chi connectivity index (χ3n) is 2.83. The second-order valence-electron chi connectivity index (χ2n) is 4.51. The van der Waals surface area contributed by atoms with Crippen molar-refractivity contribution in [1.82, 2.24) is 0 Å². The van der Waals surface area contributed by atoms with Crippen LogP contribution < -0.4 is 91.0 Å². The summed E-state index contributed by atoms with van der Waals surface area (Å²) in [4.78, 5) is 42.5. The first-order valence-corrected chi connectivity index (χ1v) is 5.29. The van der Waals surface area contributed by atoms with Gasteiger partial charge in [-0.25, -0.2) is 0 Å². The predicted octanol–water partition coefficient (Wildman–Crippen LogP) is -15.1. The van der Waals surface area contributed by atoms with Gasteiger partial charge in [0.1, 0.15) is 0 Å². The molecule has 0 amide bonds. The van der Waals surface area contributed by atoms with Crippen LogP contribution in [0.3, 0.4) is 0 Å². The maximum Gasteiger partial charge on any atom is 2.00 e. The van der Waals surface area contributed by atoms with Crippen molar-refractivity contribution in [1.29, 1.82) is 0 Å². The summed E-state index contributed by atoms with van der Waals surface area (Å²) in [6.45, 7) is 0. The van der Waals surface area contributed by atoms with Crippen molar-refractivity contribution in [3.05, 3.63) is 0 Å². The standard InChI is InChI=1S/C10H16N2O8.Ca.2Na.2H2O/c11-9(1-5(13)14,2-6(15)16)10(12,3-7(17)18)4-8(19)20;;;;;/h1-4,11-12H2,(H,13,14)(H,15,16)(H,17,18)(H,19,20);;;;2*1H2/q;+2;2*+1;;/p-4. The van der Waals surface area contributed by atoms with Gasteiger partial charge >= 0.3 is 96.9 Å². The van der Waals surface area contributed by atoms with E-state index in [0.29, 0.717) is 0 Å². The molecule has 0 rings (SSSR count). The Morgan fingerprint density at radius 3 is 0.800 bits per heavy atom. The van der Waals surface area contributed by atoms with Crippen LogP contribution in [0.1, 0.15) is 25.7 Å². The fourth-order valence-corrected chi connectivity index (χ4v) is 1.86. The molecule has 0 atom stereocenters. The summed E-state index contributed by atoms with van der Waals surface area (Å²) in [5.41, 5.74) is 6.20. The number of aliphatic carboxylic acids is 4. The molecule has 0 bridgehead atoms. The molecule has 0 aromatic carbocycles. The first-order valence-electron chi connectivity index (χ1n) is 5.29. The zero-order valence-corrected chi connectivity index (χ0v) is 20.2. The summed E-state index contributed by atoms with van der Waals surface area (Å²) >= 11 is 0. The second-order valence-corrected chi connectivity index (χ2v) is 4.51. The first kappa shape index (κ1) is 40.6. The number of hydrogen-bond donors (Lipinski definition) is 2. The summed E-state index contributed by atoms with van der Waals surface area (Å²) in [5, 5.41) is 42.5. The molecule has 15 heteroatoms. The SMILES string of the molecule is NC(CC(=O)[O-])(CC(=O)[O-])C(N)(CC(=O)[O-])CC(=O)[O-].O.O.[Ca+2].[Na+].[Na+]. The van der Waals surface area contributed by atoms with Gasteiger partial charge in [-0.15, -0.1) is 0 Å². The Kier molecular flexibility index (Phi) is 27.8. The summed E-state index contributed by atoms with van der Waals surface area (Å²) in [6, 6.07) is 0. The van der Waals surface area contributed by atoms with Crippen molar-refractivity contribution in [3.63, 3.8) is 0 Å². The van der Waals surface area contributed by atoms with Crippen LogP contribution in [0, 0.1) is 0 Å². The van der Waals surface area contributed by atoms with E-state index in [1.165, 1.54) is 0 Å². The molecule has 0 aromatic heterocycles. The van der Waals surface area contributed by atoms with Gasteiger partial charge in [0.15, 0.2) is 0 Å². The smallest absolute Gasteiger partial charge is 0.550 e. The van der Waals surface area contributed by atoms with E-state index in [0.717, 1.165) is 0 Å². The molecule has 0 heterocycles. The number of carbonyl (C=O) groups is 4. The number of hydrogen-bond acceptors (Lipinski definition) is 10. The van der Waals surface area contributed by atoms with E-state index >= 15 is 0 Å². The number of carbonyl (C=O) groups excluding carboxylic acids is 4. The van der Waals surface area contributed by atoms with E-state index in [-0.39, 0.29) is 108 Å². The van der Waals surface area contributed by atoms with Crippen molar-refractivity contribution in [2.24, 2.45) is 11.5 Å². The van der Waals surface area contributed by atoms with Gasteiger partial charge < -0.3 is 62.0 Å². The second kappa shape index (κ2) is 17.1. The summed E-state index contributed by atoms with van der Waals surface area (Å²) in [7, 11) is 0. The molecule has 0 radical (unpaired) electrons. The van der Waals surface area contributed by atoms with Crippen LogP contribution in [-0.4, -0.2) is 83.6 Å². The molecule has 0 saturated heterocycles. The van der Waals surface area contributed by atoms with Gasteiger partial charge in [-0.3, -0.25) is 0 Å². The molecule has 0 aliphatic rings. The fourth-order valence-electron chi connectivity index (χ4n) is 1.86. The predicted molar refractivity (Wildman–Crippen MR) is 65.3 cm³/mol. The quantitative estimate of drug-likeness (QED) is 0.338. The molecule has 0 spiro atoms. The van der Waals surface area contributed by atoms with Crippen molar-refractivity contribution >= 4 is 61.6 Å². The van der Waals surface area contributed by atoms with E-state index in [2.05, 4.69) is 0 Å². The van der Waals surface area contributed by atoms with Crippen LogP contribution in [-0.2, 0) is 19.2 Å². The molecule has 0 aliphatic carbocycles. The summed E-state index contributed by atoms with van der Waals surface area (Å²) in [6.07, 6.45) is -4.73. The monoisotopic (exact) mass is 410 g/mol. The van der Waals surface area contributed by atoms with E-state index in [1.807, 2.05) is 0 Å². The van der Waals surface area contributed by atoms with Crippen molar-refractivity contribution < 1.29 is 110 Å². The van der Waals surface area contributed by atoms with E-state index in [1.54, 1.807) is 0 Å². The number of carboxylic acids is 4. The van der Waals surface area contributed by atoms with Gasteiger partial charge in [0.05, 0.1) is 0 Å². The zero-order chi connectivity index (χ0) is 16.1. The van der Waals surface area contributed by atoms with E-state index < -0.39 is 60.6 Å². The molecule has 0 unspecified atom stereocenters. The van der Waals surface area contributed by atoms with Crippen LogP contribution in [0.5, 0.6) is 0 Å². The molecule has 12 nitrogen and oxygen atoms in total. The number of carboxylic acid groups (broad SMARTS) is 4. The van der Waals surface area contributed by atoms with Crippen LogP contribution in [0.2, 0.25) is 0 Å². The summed E-state index contributed by atoms with van der Waals surface area (Å²) in [5.74, 6) is -7.33. The zero-order valence-electron chi connectivity index (χ0n) is 14.0. The maximum absolute atomic E-state index is 10.6. The van der Waals surface area contributed by atoms with Gasteiger partial charge in [0.2, 0.25) is 0 Å². The Morgan fingerprint density at radius 2 is 0.720 bits per heavy atom. The van der Waals surface area contributed by atoms with Gasteiger partial charge in [-0.2, -0.15) is 0 Å². The van der Waals surface area contributed by atoms with Gasteiger partial charge in [0.25, 0.3) is 0 Å². The Balaban J connectivity index is -0.000000180. The minimum atomic E-state index is -2.43. The Bertz CT molecular complexity index is 379. The Hall–Kier alpha value is 0.980. The molecule has 0 fully saturated rings. The molecule has 0 saturated carbocycles. The molecule has 130 valence electrons. The third-order valence-corrected chi connectivity index (χ3v) is 2.83. The average Bonchev–Trinajstić information content (AvgIpc) is 2.10. The maximum atomic E-state index is 10.6. The Morgan fingerprint density at radius 1 is 0.600 bits per heavy atom. The first-order chi connectivity index (χ1) is 8.92. The van der Waals surface area contributed by atoms with Crippen molar-refractivity contribution in [2.45, 2.75) is 36.8 Å². The van der Waals surface area contributed by atoms with Crippen molar-refractivity contribution in [2.75, 3.05) is 0 Å². The molecule has 8 N–H and O–H groups in total. The normalized spacial score (nSPS) is 9.52. The van der Waals surface area contributed by atoms with Crippen molar-refractivity contribution in [3.8, 4) is 0 Å². The summed E-state index contributed by atoms with van der Waals surface area (Å²) < 4.78 is 0. The van der Waals surface area contributed by atoms with Crippen LogP contribution in [0.25, 0.3) is 0 Å². The largest absolute Gasteiger partial charge is 2.00 e. The third kappa shape index (κ3) is 14.7. The van der Waals surface area contributed by atoms with Crippen LogP contribution in [0.4, 0.5) is 0 Å². The average molecular weight is 410 g/mol. The molecule has 0 aliphatic heterocycles. The topological polar surface area (TPSA) is 276 Å². The number of nitrogens with two attached hydrogens (primary N) is 2. The van der Waals surface area contributed by atoms with Crippen LogP contribution >= 0.6 is 0 Å². The minimum Gasteiger partial charge on any atom is -0.550 e. The number of rotatable bonds is 9. The molecule has 25 heavy (non-hydrogen) atoms. The Labute approximate surface area is 216 Å². The van der Waals surface area contributed by atoms with E-state index in [9.17, 15) is 39.6 Å². The van der Waals surface area contributed by atoms with Gasteiger partial charge in [-0.1, -0.05) is 0 Å². The van der Waals surface area contributed by atoms with Gasteiger partial charge in [-0.05, 0) is 0 Å². The minimum absolute atomic E-state index is 0. The van der Waals surface area contributed by atoms with Crippen LogP contribution in [0.15, 0.2) is 0 Å². The fraction of sp³-hybridized carbons (Fsp3) is 0.600. The van der Waals surface area contributed by atoms with E-state index in [4.69, 9.17) is 11.5 Å². The molecular weight excluding hydrogens is 394 g/mol. The molecular formula is C10H16CaN2Na2O10. The van der Waals surface area contributed by atoms with Gasteiger partial charge in [0, 0.05) is 60.6 Å². The molecule has 0 aromatic rings.